The fraction of sp³-hybridized carbons (Fsp3) is 0.286. The monoisotopic (exact) mass is 527 g/mol. The molecule has 0 saturated carbocycles. The standard InChI is InChI=1S/C28H27F2NO5S/c1-35-16-20-8-11-25(28(33)34)31(20)27(32)19-5-3-4-17(12-19)15-36-21-9-6-18(7-10-21)22-13-23(29)24(30)14-26(22)37-2/h3-7,9-10,12-14,20,25H,8,11,15-16H2,1-2H3,(H,33,34)/t20-,25-/m0/s1. The number of carbonyl (C=O) groups is 2. The number of methoxy groups -OCH3 is 1. The molecule has 1 fully saturated rings. The van der Waals surface area contributed by atoms with E-state index in [2.05, 4.69) is 0 Å². The Hall–Kier alpha value is -3.43. The predicted molar refractivity (Wildman–Crippen MR) is 137 cm³/mol. The first-order valence-electron chi connectivity index (χ1n) is 11.7. The van der Waals surface area contributed by atoms with Gasteiger partial charge in [0.25, 0.3) is 5.91 Å². The maximum absolute atomic E-state index is 13.8. The van der Waals surface area contributed by atoms with Gasteiger partial charge < -0.3 is 19.5 Å². The molecule has 0 bridgehead atoms. The summed E-state index contributed by atoms with van der Waals surface area (Å²) >= 11 is 1.33. The summed E-state index contributed by atoms with van der Waals surface area (Å²) in [6.45, 7) is 0.461. The predicted octanol–water partition coefficient (Wildman–Crippen LogP) is 5.64. The van der Waals surface area contributed by atoms with Gasteiger partial charge in [0.2, 0.25) is 0 Å². The van der Waals surface area contributed by atoms with Crippen molar-refractivity contribution in [2.45, 2.75) is 36.4 Å². The van der Waals surface area contributed by atoms with Crippen molar-refractivity contribution in [3.63, 3.8) is 0 Å². The van der Waals surface area contributed by atoms with Crippen molar-refractivity contribution in [3.8, 4) is 16.9 Å². The van der Waals surface area contributed by atoms with E-state index in [0.29, 0.717) is 34.6 Å². The van der Waals surface area contributed by atoms with Crippen LogP contribution in [-0.2, 0) is 16.1 Å². The summed E-state index contributed by atoms with van der Waals surface area (Å²) in [6, 6.07) is 15.1. The third kappa shape index (κ3) is 5.94. The zero-order valence-corrected chi connectivity index (χ0v) is 21.3. The van der Waals surface area contributed by atoms with Crippen LogP contribution < -0.4 is 4.74 Å². The second-order valence-corrected chi connectivity index (χ2v) is 9.58. The number of ether oxygens (including phenoxy) is 2. The second-order valence-electron chi connectivity index (χ2n) is 8.73. The number of hydrogen-bond donors (Lipinski definition) is 1. The minimum atomic E-state index is -1.03. The van der Waals surface area contributed by atoms with Crippen LogP contribution in [0, 0.1) is 11.6 Å². The molecule has 1 aliphatic rings. The van der Waals surface area contributed by atoms with Crippen molar-refractivity contribution >= 4 is 23.6 Å². The van der Waals surface area contributed by atoms with Crippen molar-refractivity contribution in [1.82, 2.24) is 4.90 Å². The van der Waals surface area contributed by atoms with Gasteiger partial charge in [-0.15, -0.1) is 11.8 Å². The fourth-order valence-corrected chi connectivity index (χ4v) is 5.17. The van der Waals surface area contributed by atoms with E-state index in [0.717, 1.165) is 11.1 Å². The Morgan fingerprint density at radius 3 is 2.46 bits per heavy atom. The van der Waals surface area contributed by atoms with Crippen LogP contribution in [0.4, 0.5) is 8.78 Å². The van der Waals surface area contributed by atoms with Crippen LogP contribution in [-0.4, -0.2) is 53.9 Å². The van der Waals surface area contributed by atoms with Gasteiger partial charge in [0.1, 0.15) is 18.4 Å². The molecule has 1 amide bonds. The van der Waals surface area contributed by atoms with Crippen LogP contribution in [0.5, 0.6) is 5.75 Å². The number of likely N-dealkylation sites (tertiary alicyclic amines) is 1. The topological polar surface area (TPSA) is 76.1 Å². The van der Waals surface area contributed by atoms with Crippen LogP contribution in [0.25, 0.3) is 11.1 Å². The Labute approximate surface area is 218 Å². The van der Waals surface area contributed by atoms with Gasteiger partial charge in [-0.25, -0.2) is 13.6 Å². The number of rotatable bonds is 9. The van der Waals surface area contributed by atoms with Crippen LogP contribution in [0.3, 0.4) is 0 Å². The second kappa shape index (κ2) is 11.7. The third-order valence-electron chi connectivity index (χ3n) is 6.37. The largest absolute Gasteiger partial charge is 0.489 e. The molecule has 194 valence electrons. The van der Waals surface area contributed by atoms with Gasteiger partial charge in [-0.2, -0.15) is 0 Å². The highest BCUT2D eigenvalue weighted by molar-refractivity contribution is 7.98. The quantitative estimate of drug-likeness (QED) is 0.363. The molecule has 0 spiro atoms. The zero-order valence-electron chi connectivity index (χ0n) is 20.4. The number of aliphatic carboxylic acids is 1. The number of halogens is 2. The summed E-state index contributed by atoms with van der Waals surface area (Å²) in [4.78, 5) is 27.0. The lowest BCUT2D eigenvalue weighted by molar-refractivity contribution is -0.141. The molecule has 1 saturated heterocycles. The lowest BCUT2D eigenvalue weighted by Crippen LogP contribution is -2.46. The SMILES string of the molecule is COC[C@@H]1CC[C@@H](C(=O)O)N1C(=O)c1cccc(COc2ccc(-c3cc(F)c(F)cc3SC)cc2)c1. The molecule has 1 N–H and O–H groups in total. The molecule has 0 aliphatic carbocycles. The number of hydrogen-bond acceptors (Lipinski definition) is 5. The highest BCUT2D eigenvalue weighted by atomic mass is 32.2. The summed E-state index contributed by atoms with van der Waals surface area (Å²) in [5.41, 5.74) is 2.45. The Morgan fingerprint density at radius 2 is 1.78 bits per heavy atom. The molecule has 0 unspecified atom stereocenters. The maximum atomic E-state index is 13.8. The average molecular weight is 528 g/mol. The van der Waals surface area contributed by atoms with E-state index in [1.54, 1.807) is 48.7 Å². The van der Waals surface area contributed by atoms with E-state index in [-0.39, 0.29) is 25.2 Å². The number of carboxylic acids is 1. The van der Waals surface area contributed by atoms with Crippen molar-refractivity contribution in [1.29, 1.82) is 0 Å². The first kappa shape index (κ1) is 26.6. The highest BCUT2D eigenvalue weighted by Gasteiger charge is 2.41. The molecular weight excluding hydrogens is 500 g/mol. The molecule has 1 heterocycles. The molecule has 1 aliphatic heterocycles. The maximum Gasteiger partial charge on any atom is 0.326 e. The fourth-order valence-electron chi connectivity index (χ4n) is 4.55. The van der Waals surface area contributed by atoms with Crippen molar-refractivity contribution in [3.05, 3.63) is 83.4 Å². The van der Waals surface area contributed by atoms with Gasteiger partial charge >= 0.3 is 5.97 Å². The van der Waals surface area contributed by atoms with Crippen molar-refractivity contribution in [2.24, 2.45) is 0 Å². The lowest BCUT2D eigenvalue weighted by atomic mass is 10.1. The highest BCUT2D eigenvalue weighted by Crippen LogP contribution is 2.33. The van der Waals surface area contributed by atoms with Crippen LogP contribution in [0.1, 0.15) is 28.8 Å². The van der Waals surface area contributed by atoms with Crippen LogP contribution in [0.2, 0.25) is 0 Å². The van der Waals surface area contributed by atoms with E-state index in [4.69, 9.17) is 9.47 Å². The van der Waals surface area contributed by atoms with Crippen LogP contribution >= 0.6 is 11.8 Å². The van der Waals surface area contributed by atoms with Gasteiger partial charge in [0, 0.05) is 17.6 Å². The normalized spacial score (nSPS) is 17.1. The Bertz CT molecular complexity index is 1280. The number of benzene rings is 3. The summed E-state index contributed by atoms with van der Waals surface area (Å²) in [6.07, 6.45) is 2.75. The molecular formula is C28H27F2NO5S. The van der Waals surface area contributed by atoms with Crippen molar-refractivity contribution < 1.29 is 33.0 Å². The van der Waals surface area contributed by atoms with E-state index in [1.807, 2.05) is 6.07 Å². The molecule has 6 nitrogen and oxygen atoms in total. The van der Waals surface area contributed by atoms with Crippen LogP contribution in [0.15, 0.2) is 65.6 Å². The molecule has 0 radical (unpaired) electrons. The van der Waals surface area contributed by atoms with Gasteiger partial charge in [-0.1, -0.05) is 24.3 Å². The minimum Gasteiger partial charge on any atom is -0.489 e. The van der Waals surface area contributed by atoms with E-state index in [1.165, 1.54) is 35.9 Å². The Kier molecular flexibility index (Phi) is 8.45. The zero-order chi connectivity index (χ0) is 26.5. The smallest absolute Gasteiger partial charge is 0.326 e. The molecule has 4 rings (SSSR count). The molecule has 37 heavy (non-hydrogen) atoms. The molecule has 3 aromatic rings. The Morgan fingerprint density at radius 1 is 1.05 bits per heavy atom. The molecule has 0 aromatic heterocycles. The summed E-state index contributed by atoms with van der Waals surface area (Å²) < 4.78 is 38.5. The third-order valence-corrected chi connectivity index (χ3v) is 7.15. The van der Waals surface area contributed by atoms with E-state index < -0.39 is 23.6 Å². The first-order chi connectivity index (χ1) is 17.8. The van der Waals surface area contributed by atoms with E-state index >= 15 is 0 Å². The van der Waals surface area contributed by atoms with E-state index in [9.17, 15) is 23.5 Å². The Balaban J connectivity index is 1.46. The number of nitrogens with zero attached hydrogens (tertiary/aromatic N) is 1. The first-order valence-corrected chi connectivity index (χ1v) is 12.9. The average Bonchev–Trinajstić information content (AvgIpc) is 3.33. The van der Waals surface area contributed by atoms with Gasteiger partial charge in [-0.05, 0) is 72.2 Å². The molecule has 3 aromatic carbocycles. The number of amides is 1. The number of thioether (sulfide) groups is 1. The van der Waals surface area contributed by atoms with Gasteiger partial charge in [0.15, 0.2) is 11.6 Å². The summed E-state index contributed by atoms with van der Waals surface area (Å²) in [7, 11) is 1.53. The lowest BCUT2D eigenvalue weighted by Gasteiger charge is -2.28. The van der Waals surface area contributed by atoms with Gasteiger partial charge in [0.05, 0.1) is 12.6 Å². The molecule has 9 heteroatoms. The van der Waals surface area contributed by atoms with Crippen molar-refractivity contribution in [2.75, 3.05) is 20.0 Å². The summed E-state index contributed by atoms with van der Waals surface area (Å²) in [5.74, 6) is -2.59. The minimum absolute atomic E-state index is 0.186. The number of carbonyl (C=O) groups excluding carboxylic acids is 1. The molecule has 2 atom stereocenters. The summed E-state index contributed by atoms with van der Waals surface area (Å²) in [5, 5.41) is 9.59. The number of carboxylic acid groups (broad SMARTS) is 1. The van der Waals surface area contributed by atoms with Gasteiger partial charge in [-0.3, -0.25) is 4.79 Å².